The van der Waals surface area contributed by atoms with Gasteiger partial charge >= 0.3 is 6.09 Å². The number of rotatable bonds is 4. The Balaban J connectivity index is 1.43. The van der Waals surface area contributed by atoms with Gasteiger partial charge in [0.25, 0.3) is 0 Å². The summed E-state index contributed by atoms with van der Waals surface area (Å²) in [6.45, 7) is 14.4. The fourth-order valence-electron chi connectivity index (χ4n) is 4.13. The van der Waals surface area contributed by atoms with Crippen LogP contribution in [0.25, 0.3) is 0 Å². The van der Waals surface area contributed by atoms with Crippen molar-refractivity contribution in [2.24, 2.45) is 5.92 Å². The minimum absolute atomic E-state index is 0.183. The lowest BCUT2D eigenvalue weighted by molar-refractivity contribution is 0.0169. The molecule has 2 aliphatic rings. The lowest BCUT2D eigenvalue weighted by Gasteiger charge is -2.39. The summed E-state index contributed by atoms with van der Waals surface area (Å²) in [6, 6.07) is 6.15. The predicted molar refractivity (Wildman–Crippen MR) is 116 cm³/mol. The number of carbonyl (C=O) groups excluding carboxylic acids is 2. The molecule has 0 bridgehead atoms. The normalized spacial score (nSPS) is 19.3. The molecule has 0 unspecified atom stereocenters. The molecule has 6 heteroatoms. The van der Waals surface area contributed by atoms with Gasteiger partial charge in [-0.25, -0.2) is 4.79 Å². The summed E-state index contributed by atoms with van der Waals surface area (Å²) in [7, 11) is 0. The maximum absolute atomic E-state index is 12.2. The highest BCUT2D eigenvalue weighted by atomic mass is 16.6. The zero-order valence-electron chi connectivity index (χ0n) is 18.3. The summed E-state index contributed by atoms with van der Waals surface area (Å²) in [5.41, 5.74) is 2.52. The number of piperidine rings is 1. The third kappa shape index (κ3) is 5.95. The largest absolute Gasteiger partial charge is 0.444 e. The molecule has 6 nitrogen and oxygen atoms in total. The fourth-order valence-corrected chi connectivity index (χ4v) is 4.13. The topological polar surface area (TPSA) is 53.1 Å². The van der Waals surface area contributed by atoms with Gasteiger partial charge in [0.15, 0.2) is 0 Å². The van der Waals surface area contributed by atoms with Crippen molar-refractivity contribution in [2.45, 2.75) is 46.1 Å². The molecule has 0 radical (unpaired) electrons. The van der Waals surface area contributed by atoms with Gasteiger partial charge in [0.05, 0.1) is 0 Å². The van der Waals surface area contributed by atoms with Crippen molar-refractivity contribution in [1.29, 1.82) is 0 Å². The van der Waals surface area contributed by atoms with Crippen LogP contribution >= 0.6 is 0 Å². The maximum Gasteiger partial charge on any atom is 0.410 e. The number of anilines is 1. The molecule has 2 aliphatic heterocycles. The van der Waals surface area contributed by atoms with E-state index in [0.29, 0.717) is 5.92 Å². The van der Waals surface area contributed by atoms with E-state index < -0.39 is 5.60 Å². The highest BCUT2D eigenvalue weighted by molar-refractivity contribution is 5.79. The van der Waals surface area contributed by atoms with Gasteiger partial charge in [-0.15, -0.1) is 0 Å². The van der Waals surface area contributed by atoms with Crippen LogP contribution in [0.15, 0.2) is 18.2 Å². The minimum Gasteiger partial charge on any atom is -0.444 e. The standard InChI is InChI=1S/C23H35N3O3/c1-18-5-6-21(15-20(18)17-27)25-13-11-24(12-14-25)16-19-7-9-26(10-8-19)22(28)29-23(2,3)4/h5-6,15,17,19H,7-14,16H2,1-4H3. The first-order valence-corrected chi connectivity index (χ1v) is 10.8. The van der Waals surface area contributed by atoms with E-state index in [-0.39, 0.29) is 6.09 Å². The quantitative estimate of drug-likeness (QED) is 0.722. The molecule has 2 fully saturated rings. The molecule has 0 spiro atoms. The number of hydrogen-bond donors (Lipinski definition) is 0. The van der Waals surface area contributed by atoms with Gasteiger partial charge in [-0.1, -0.05) is 6.07 Å². The molecule has 1 amide bonds. The van der Waals surface area contributed by atoms with Crippen molar-refractivity contribution in [3.8, 4) is 0 Å². The van der Waals surface area contributed by atoms with Crippen LogP contribution in [0.1, 0.15) is 49.5 Å². The molecule has 0 aliphatic carbocycles. The zero-order valence-corrected chi connectivity index (χ0v) is 18.3. The number of hydrogen-bond acceptors (Lipinski definition) is 5. The Hall–Kier alpha value is -2.08. The Morgan fingerprint density at radius 2 is 1.76 bits per heavy atom. The lowest BCUT2D eigenvalue weighted by atomic mass is 9.96. The number of amides is 1. The van der Waals surface area contributed by atoms with E-state index in [1.807, 2.05) is 44.7 Å². The number of ether oxygens (including phenoxy) is 1. The van der Waals surface area contributed by atoms with Crippen molar-refractivity contribution in [3.05, 3.63) is 29.3 Å². The number of likely N-dealkylation sites (tertiary alicyclic amines) is 1. The first-order valence-electron chi connectivity index (χ1n) is 10.8. The highest BCUT2D eigenvalue weighted by Crippen LogP contribution is 2.23. The molecular weight excluding hydrogens is 366 g/mol. The van der Waals surface area contributed by atoms with E-state index in [1.165, 1.54) is 0 Å². The highest BCUT2D eigenvalue weighted by Gasteiger charge is 2.28. The van der Waals surface area contributed by atoms with Gasteiger partial charge < -0.3 is 14.5 Å². The molecule has 29 heavy (non-hydrogen) atoms. The van der Waals surface area contributed by atoms with Gasteiger partial charge in [-0.05, 0) is 64.2 Å². The summed E-state index contributed by atoms with van der Waals surface area (Å²) < 4.78 is 5.49. The predicted octanol–water partition coefficient (Wildman–Crippen LogP) is 3.58. The van der Waals surface area contributed by atoms with Crippen molar-refractivity contribution in [2.75, 3.05) is 50.7 Å². The molecule has 1 aromatic carbocycles. The van der Waals surface area contributed by atoms with Gasteiger partial charge in [-0.2, -0.15) is 0 Å². The average Bonchev–Trinajstić information content (AvgIpc) is 2.68. The molecule has 2 heterocycles. The number of aldehydes is 1. The van der Waals surface area contributed by atoms with Crippen LogP contribution < -0.4 is 4.90 Å². The van der Waals surface area contributed by atoms with Crippen LogP contribution in [0.2, 0.25) is 0 Å². The molecule has 2 saturated heterocycles. The van der Waals surface area contributed by atoms with E-state index >= 15 is 0 Å². The van der Waals surface area contributed by atoms with Crippen LogP contribution in [0.3, 0.4) is 0 Å². The van der Waals surface area contributed by atoms with E-state index in [9.17, 15) is 9.59 Å². The Morgan fingerprint density at radius 1 is 1.10 bits per heavy atom. The van der Waals surface area contributed by atoms with Crippen LogP contribution in [0, 0.1) is 12.8 Å². The van der Waals surface area contributed by atoms with E-state index in [4.69, 9.17) is 4.74 Å². The zero-order chi connectivity index (χ0) is 21.0. The Morgan fingerprint density at radius 3 is 2.34 bits per heavy atom. The van der Waals surface area contributed by atoms with Gasteiger partial charge in [0, 0.05) is 57.1 Å². The van der Waals surface area contributed by atoms with Crippen molar-refractivity contribution >= 4 is 18.1 Å². The Labute approximate surface area is 174 Å². The third-order valence-corrected chi connectivity index (χ3v) is 5.91. The lowest BCUT2D eigenvalue weighted by Crippen LogP contribution is -2.49. The van der Waals surface area contributed by atoms with Crippen LogP contribution in [-0.2, 0) is 4.74 Å². The summed E-state index contributed by atoms with van der Waals surface area (Å²) in [6.07, 6.45) is 2.84. The number of nitrogens with zero attached hydrogens (tertiary/aromatic N) is 3. The molecule has 0 N–H and O–H groups in total. The van der Waals surface area contributed by atoms with Crippen molar-refractivity contribution in [1.82, 2.24) is 9.80 Å². The summed E-state index contributed by atoms with van der Waals surface area (Å²) in [5, 5.41) is 0. The molecule has 160 valence electrons. The molecule has 0 atom stereocenters. The van der Waals surface area contributed by atoms with E-state index in [2.05, 4.69) is 15.9 Å². The molecule has 3 rings (SSSR count). The minimum atomic E-state index is -0.433. The van der Waals surface area contributed by atoms with Crippen LogP contribution in [0.5, 0.6) is 0 Å². The number of piperazine rings is 1. The van der Waals surface area contributed by atoms with E-state index in [1.54, 1.807) is 0 Å². The SMILES string of the molecule is Cc1ccc(N2CCN(CC3CCN(C(=O)OC(C)(C)C)CC3)CC2)cc1C=O. The average molecular weight is 402 g/mol. The number of benzene rings is 1. The number of aryl methyl sites for hydroxylation is 1. The summed E-state index contributed by atoms with van der Waals surface area (Å²) >= 11 is 0. The smallest absolute Gasteiger partial charge is 0.410 e. The van der Waals surface area contributed by atoms with Gasteiger partial charge in [-0.3, -0.25) is 9.69 Å². The van der Waals surface area contributed by atoms with E-state index in [0.717, 1.165) is 81.8 Å². The first-order chi connectivity index (χ1) is 13.7. The maximum atomic E-state index is 12.2. The molecule has 0 saturated carbocycles. The molecule has 1 aromatic rings. The summed E-state index contributed by atoms with van der Waals surface area (Å²) in [5.74, 6) is 0.640. The first kappa shape index (κ1) is 21.6. The second-order valence-corrected chi connectivity index (χ2v) is 9.36. The third-order valence-electron chi connectivity index (χ3n) is 5.91. The van der Waals surface area contributed by atoms with Gasteiger partial charge in [0.2, 0.25) is 0 Å². The second-order valence-electron chi connectivity index (χ2n) is 9.36. The second kappa shape index (κ2) is 9.16. The monoisotopic (exact) mass is 401 g/mol. The van der Waals surface area contributed by atoms with Crippen LogP contribution in [-0.4, -0.2) is 73.6 Å². The van der Waals surface area contributed by atoms with Crippen molar-refractivity contribution in [3.63, 3.8) is 0 Å². The Bertz CT molecular complexity index is 713. The molecular formula is C23H35N3O3. The van der Waals surface area contributed by atoms with Crippen molar-refractivity contribution < 1.29 is 14.3 Å². The Kier molecular flexibility index (Phi) is 6.83. The molecule has 0 aromatic heterocycles. The van der Waals surface area contributed by atoms with Gasteiger partial charge in [0.1, 0.15) is 11.9 Å². The number of carbonyl (C=O) groups is 2. The van der Waals surface area contributed by atoms with Crippen LogP contribution in [0.4, 0.5) is 10.5 Å². The summed E-state index contributed by atoms with van der Waals surface area (Å²) in [4.78, 5) is 30.2. The fraction of sp³-hybridized carbons (Fsp3) is 0.652.